The molecule has 8 heteroatoms. The number of aryl methyl sites for hydroxylation is 1. The van der Waals surface area contributed by atoms with E-state index in [4.69, 9.17) is 10.5 Å². The van der Waals surface area contributed by atoms with Crippen LogP contribution in [0, 0.1) is 5.92 Å². The van der Waals surface area contributed by atoms with Crippen LogP contribution in [0.2, 0.25) is 0 Å². The van der Waals surface area contributed by atoms with Crippen LogP contribution in [0.15, 0.2) is 53.7 Å². The molecule has 2 heterocycles. The first kappa shape index (κ1) is 22.1. The van der Waals surface area contributed by atoms with E-state index >= 15 is 0 Å². The minimum absolute atomic E-state index is 0.366. The number of hydrogen-bond acceptors (Lipinski definition) is 7. The Labute approximate surface area is 192 Å². The number of ether oxygens (including phenoxy) is 1. The molecule has 2 N–H and O–H groups in total. The number of para-hydroxylation sites is 1. The summed E-state index contributed by atoms with van der Waals surface area (Å²) in [6.07, 6.45) is 1.01. The number of benzene rings is 2. The molecule has 0 spiro atoms. The number of nitrogen functional groups attached to an aromatic ring is 1. The number of fused-ring (bicyclic) bond motifs is 1. The predicted octanol–water partition coefficient (Wildman–Crippen LogP) is 4.89. The van der Waals surface area contributed by atoms with E-state index in [1.165, 1.54) is 5.56 Å². The minimum Gasteiger partial charge on any atom is -0.486 e. The van der Waals surface area contributed by atoms with Crippen LogP contribution in [-0.4, -0.2) is 24.7 Å². The summed E-state index contributed by atoms with van der Waals surface area (Å²) in [7, 11) is 0. The predicted molar refractivity (Wildman–Crippen MR) is 129 cm³/mol. The van der Waals surface area contributed by atoms with E-state index < -0.39 is 0 Å². The molecule has 0 atom stereocenters. The van der Waals surface area contributed by atoms with E-state index in [1.54, 1.807) is 11.8 Å². The number of hydrogen-bond donors (Lipinski definition) is 1. The maximum Gasteiger partial charge on any atom is 0.191 e. The SMILES string of the molecule is CCc1ccc(OCc2nnc(SCc3nc(N)c4ccccc4n3)n2CC(C)C)cc1. The van der Waals surface area contributed by atoms with Gasteiger partial charge in [-0.1, -0.05) is 56.8 Å². The third kappa shape index (κ3) is 5.19. The lowest BCUT2D eigenvalue weighted by Crippen LogP contribution is -2.12. The molecule has 0 aliphatic rings. The lowest BCUT2D eigenvalue weighted by molar-refractivity contribution is 0.284. The summed E-state index contributed by atoms with van der Waals surface area (Å²) in [6, 6.07) is 15.9. The van der Waals surface area contributed by atoms with Crippen LogP contribution in [-0.2, 0) is 25.3 Å². The van der Waals surface area contributed by atoms with Crippen molar-refractivity contribution in [3.8, 4) is 5.75 Å². The second-order valence-electron chi connectivity index (χ2n) is 8.02. The van der Waals surface area contributed by atoms with E-state index in [0.717, 1.165) is 40.6 Å². The Morgan fingerprint density at radius 3 is 2.56 bits per heavy atom. The maximum absolute atomic E-state index is 6.13. The zero-order valence-electron chi connectivity index (χ0n) is 18.7. The molecule has 0 bridgehead atoms. The molecular weight excluding hydrogens is 420 g/mol. The van der Waals surface area contributed by atoms with Crippen LogP contribution < -0.4 is 10.5 Å². The highest BCUT2D eigenvalue weighted by molar-refractivity contribution is 7.98. The summed E-state index contributed by atoms with van der Waals surface area (Å²) in [5.41, 5.74) is 8.27. The van der Waals surface area contributed by atoms with Crippen molar-refractivity contribution in [3.63, 3.8) is 0 Å². The summed E-state index contributed by atoms with van der Waals surface area (Å²) in [5.74, 6) is 3.82. The van der Waals surface area contributed by atoms with Crippen molar-refractivity contribution in [3.05, 3.63) is 65.7 Å². The fourth-order valence-electron chi connectivity index (χ4n) is 3.39. The summed E-state index contributed by atoms with van der Waals surface area (Å²) in [5, 5.41) is 10.5. The van der Waals surface area contributed by atoms with Gasteiger partial charge in [-0.2, -0.15) is 0 Å². The molecule has 2 aromatic carbocycles. The summed E-state index contributed by atoms with van der Waals surface area (Å²) >= 11 is 1.56. The van der Waals surface area contributed by atoms with E-state index in [1.807, 2.05) is 36.4 Å². The first-order chi connectivity index (χ1) is 15.5. The number of anilines is 1. The molecule has 0 radical (unpaired) electrons. The largest absolute Gasteiger partial charge is 0.486 e. The van der Waals surface area contributed by atoms with Crippen LogP contribution in [0.5, 0.6) is 5.75 Å². The van der Waals surface area contributed by atoms with E-state index in [-0.39, 0.29) is 0 Å². The lowest BCUT2D eigenvalue weighted by atomic mass is 10.2. The Morgan fingerprint density at radius 2 is 1.81 bits per heavy atom. The summed E-state index contributed by atoms with van der Waals surface area (Å²) in [6.45, 7) is 7.67. The third-order valence-corrected chi connectivity index (χ3v) is 6.01. The second kappa shape index (κ2) is 9.99. The lowest BCUT2D eigenvalue weighted by Gasteiger charge is -2.13. The maximum atomic E-state index is 6.13. The van der Waals surface area contributed by atoms with Crippen LogP contribution >= 0.6 is 11.8 Å². The quantitative estimate of drug-likeness (QED) is 0.364. The first-order valence-corrected chi connectivity index (χ1v) is 11.8. The number of nitrogens with zero attached hydrogens (tertiary/aromatic N) is 5. The second-order valence-corrected chi connectivity index (χ2v) is 8.96. The highest BCUT2D eigenvalue weighted by atomic mass is 32.2. The molecule has 0 saturated carbocycles. The van der Waals surface area contributed by atoms with Crippen molar-refractivity contribution >= 4 is 28.5 Å². The number of thioether (sulfide) groups is 1. The van der Waals surface area contributed by atoms with Crippen molar-refractivity contribution in [2.24, 2.45) is 5.92 Å². The molecule has 0 aliphatic heterocycles. The van der Waals surface area contributed by atoms with Crippen LogP contribution in [0.3, 0.4) is 0 Å². The van der Waals surface area contributed by atoms with Gasteiger partial charge in [-0.25, -0.2) is 9.97 Å². The van der Waals surface area contributed by atoms with Gasteiger partial charge in [0.25, 0.3) is 0 Å². The molecule has 0 amide bonds. The Bertz CT molecular complexity index is 1190. The smallest absolute Gasteiger partial charge is 0.191 e. The van der Waals surface area contributed by atoms with Gasteiger partial charge in [0.1, 0.15) is 24.0 Å². The molecule has 4 aromatic rings. The normalized spacial score (nSPS) is 11.4. The van der Waals surface area contributed by atoms with Gasteiger partial charge in [0.05, 0.1) is 11.3 Å². The molecular formula is C24H28N6OS. The Balaban J connectivity index is 1.49. The number of nitrogens with two attached hydrogens (primary N) is 1. The highest BCUT2D eigenvalue weighted by Crippen LogP contribution is 2.25. The van der Waals surface area contributed by atoms with Crippen molar-refractivity contribution in [1.29, 1.82) is 0 Å². The first-order valence-electron chi connectivity index (χ1n) is 10.8. The molecule has 4 rings (SSSR count). The zero-order chi connectivity index (χ0) is 22.5. The van der Waals surface area contributed by atoms with Gasteiger partial charge in [0.2, 0.25) is 0 Å². The average molecular weight is 449 g/mol. The molecule has 0 fully saturated rings. The monoisotopic (exact) mass is 448 g/mol. The molecule has 32 heavy (non-hydrogen) atoms. The fourth-order valence-corrected chi connectivity index (χ4v) is 4.22. The Hall–Kier alpha value is -3.13. The highest BCUT2D eigenvalue weighted by Gasteiger charge is 2.16. The molecule has 166 valence electrons. The van der Waals surface area contributed by atoms with Crippen molar-refractivity contribution in [1.82, 2.24) is 24.7 Å². The number of rotatable bonds is 9. The molecule has 0 unspecified atom stereocenters. The van der Waals surface area contributed by atoms with Gasteiger partial charge < -0.3 is 15.0 Å². The Morgan fingerprint density at radius 1 is 1.03 bits per heavy atom. The van der Waals surface area contributed by atoms with Gasteiger partial charge in [-0.3, -0.25) is 0 Å². The average Bonchev–Trinajstić information content (AvgIpc) is 3.17. The van der Waals surface area contributed by atoms with Crippen LogP contribution in [0.4, 0.5) is 5.82 Å². The molecule has 0 aliphatic carbocycles. The molecule has 0 saturated heterocycles. The van der Waals surface area contributed by atoms with E-state index in [2.05, 4.69) is 57.6 Å². The fraction of sp³-hybridized carbons (Fsp3) is 0.333. The summed E-state index contributed by atoms with van der Waals surface area (Å²) < 4.78 is 8.11. The third-order valence-electron chi connectivity index (χ3n) is 5.05. The van der Waals surface area contributed by atoms with Crippen molar-refractivity contribution in [2.45, 2.75) is 51.3 Å². The molecule has 7 nitrogen and oxygen atoms in total. The van der Waals surface area contributed by atoms with E-state index in [0.29, 0.717) is 29.9 Å². The minimum atomic E-state index is 0.366. The number of aromatic nitrogens is 5. The van der Waals surface area contributed by atoms with E-state index in [9.17, 15) is 0 Å². The zero-order valence-corrected chi connectivity index (χ0v) is 19.5. The van der Waals surface area contributed by atoms with Gasteiger partial charge >= 0.3 is 0 Å². The van der Waals surface area contributed by atoms with Crippen LogP contribution in [0.25, 0.3) is 10.9 Å². The topological polar surface area (TPSA) is 91.7 Å². The van der Waals surface area contributed by atoms with Gasteiger partial charge in [0, 0.05) is 11.9 Å². The van der Waals surface area contributed by atoms with Gasteiger partial charge in [0.15, 0.2) is 11.0 Å². The van der Waals surface area contributed by atoms with Gasteiger partial charge in [-0.15, -0.1) is 10.2 Å². The van der Waals surface area contributed by atoms with Crippen molar-refractivity contribution in [2.75, 3.05) is 5.73 Å². The summed E-state index contributed by atoms with van der Waals surface area (Å²) in [4.78, 5) is 9.11. The molecule has 2 aromatic heterocycles. The van der Waals surface area contributed by atoms with Gasteiger partial charge in [-0.05, 0) is 42.2 Å². The standard InChI is InChI=1S/C24H28N6OS/c1-4-17-9-11-18(12-10-17)31-14-22-28-29-24(30(22)13-16(2)3)32-15-21-26-20-8-6-5-7-19(20)23(25)27-21/h5-12,16H,4,13-15H2,1-3H3,(H2,25,26,27). The van der Waals surface area contributed by atoms with Crippen molar-refractivity contribution < 1.29 is 4.74 Å². The Kier molecular flexibility index (Phi) is 6.90. The van der Waals surface area contributed by atoms with Crippen LogP contribution in [0.1, 0.15) is 38.0 Å².